The van der Waals surface area contributed by atoms with Crippen LogP contribution in [0.4, 0.5) is 0 Å². The molecule has 3 rings (SSSR count). The van der Waals surface area contributed by atoms with E-state index in [-0.39, 0.29) is 5.41 Å². The molecule has 0 bridgehead atoms. The van der Waals surface area contributed by atoms with E-state index in [9.17, 15) is 0 Å². The molecule has 2 aliphatic rings. The molecule has 0 aliphatic carbocycles. The van der Waals surface area contributed by atoms with Crippen molar-refractivity contribution in [3.05, 3.63) is 34.9 Å². The number of hydrogen-bond acceptors (Lipinski definition) is 3. The van der Waals surface area contributed by atoms with Crippen molar-refractivity contribution in [2.24, 2.45) is 0 Å². The highest BCUT2D eigenvalue weighted by Gasteiger charge is 2.43. The molecule has 1 aromatic carbocycles. The van der Waals surface area contributed by atoms with E-state index in [1.807, 2.05) is 0 Å². The number of aryl methyl sites for hydroxylation is 2. The van der Waals surface area contributed by atoms with Crippen LogP contribution in [0, 0.1) is 13.8 Å². The lowest BCUT2D eigenvalue weighted by atomic mass is 9.72. The Bertz CT molecular complexity index is 448. The summed E-state index contributed by atoms with van der Waals surface area (Å²) >= 11 is 0. The third-order valence-corrected chi connectivity index (χ3v) is 4.36. The molecule has 104 valence electrons. The van der Waals surface area contributed by atoms with Crippen LogP contribution in [0.5, 0.6) is 0 Å². The number of nitrogens with one attached hydrogen (secondary N) is 1. The number of benzene rings is 1. The highest BCUT2D eigenvalue weighted by Crippen LogP contribution is 2.39. The summed E-state index contributed by atoms with van der Waals surface area (Å²) in [5.41, 5.74) is 4.37. The van der Waals surface area contributed by atoms with Gasteiger partial charge in [0.2, 0.25) is 0 Å². The first-order valence-corrected chi connectivity index (χ1v) is 7.16. The smallest absolute Gasteiger partial charge is 0.0620 e. The summed E-state index contributed by atoms with van der Waals surface area (Å²) in [4.78, 5) is 0. The molecule has 2 heterocycles. The van der Waals surface area contributed by atoms with E-state index in [4.69, 9.17) is 9.47 Å². The number of hydrogen-bond donors (Lipinski definition) is 1. The molecule has 1 aromatic rings. The van der Waals surface area contributed by atoms with Crippen LogP contribution in [0.3, 0.4) is 0 Å². The molecule has 0 aromatic heterocycles. The van der Waals surface area contributed by atoms with Gasteiger partial charge in [0.25, 0.3) is 0 Å². The van der Waals surface area contributed by atoms with Crippen LogP contribution >= 0.6 is 0 Å². The molecule has 0 spiro atoms. The van der Waals surface area contributed by atoms with E-state index in [0.29, 0.717) is 6.04 Å². The second kappa shape index (κ2) is 5.23. The Morgan fingerprint density at radius 3 is 2.74 bits per heavy atom. The van der Waals surface area contributed by atoms with Gasteiger partial charge in [-0.25, -0.2) is 0 Å². The van der Waals surface area contributed by atoms with Crippen molar-refractivity contribution >= 4 is 0 Å². The normalized spacial score (nSPS) is 25.9. The standard InChI is InChI=1S/C16H23NO2/c1-12-3-4-13(2)15(7-12)16(10-19-11-16)8-14-9-18-6-5-17-14/h3-4,7,14,17H,5-6,8-11H2,1-2H3. The molecule has 1 unspecified atom stereocenters. The van der Waals surface area contributed by atoms with Crippen LogP contribution < -0.4 is 5.32 Å². The summed E-state index contributed by atoms with van der Waals surface area (Å²) in [5.74, 6) is 0. The van der Waals surface area contributed by atoms with Crippen LogP contribution in [-0.4, -0.2) is 39.0 Å². The molecule has 2 fully saturated rings. The van der Waals surface area contributed by atoms with E-state index in [1.54, 1.807) is 0 Å². The maximum atomic E-state index is 5.58. The highest BCUT2D eigenvalue weighted by molar-refractivity contribution is 5.38. The van der Waals surface area contributed by atoms with Crippen molar-refractivity contribution in [1.82, 2.24) is 5.32 Å². The van der Waals surface area contributed by atoms with E-state index in [1.165, 1.54) is 16.7 Å². The van der Waals surface area contributed by atoms with Gasteiger partial charge in [0.05, 0.1) is 26.4 Å². The first-order valence-electron chi connectivity index (χ1n) is 7.16. The lowest BCUT2D eigenvalue weighted by Crippen LogP contribution is -2.54. The first-order chi connectivity index (χ1) is 9.20. The molecule has 3 heteroatoms. The van der Waals surface area contributed by atoms with E-state index >= 15 is 0 Å². The Balaban J connectivity index is 1.83. The zero-order valence-corrected chi connectivity index (χ0v) is 11.9. The van der Waals surface area contributed by atoms with Crippen molar-refractivity contribution in [2.45, 2.75) is 31.7 Å². The summed E-state index contributed by atoms with van der Waals surface area (Å²) in [6, 6.07) is 7.21. The minimum atomic E-state index is 0.189. The van der Waals surface area contributed by atoms with Gasteiger partial charge in [0, 0.05) is 18.0 Å². The second-order valence-corrected chi connectivity index (χ2v) is 6.02. The average molecular weight is 261 g/mol. The molecule has 0 amide bonds. The van der Waals surface area contributed by atoms with Crippen LogP contribution in [0.1, 0.15) is 23.1 Å². The lowest BCUT2D eigenvalue weighted by Gasteiger charge is -2.45. The fraction of sp³-hybridized carbons (Fsp3) is 0.625. The van der Waals surface area contributed by atoms with Crippen LogP contribution in [0.15, 0.2) is 18.2 Å². The third kappa shape index (κ3) is 2.55. The fourth-order valence-corrected chi connectivity index (χ4v) is 3.26. The van der Waals surface area contributed by atoms with Gasteiger partial charge in [-0.05, 0) is 31.4 Å². The predicted molar refractivity (Wildman–Crippen MR) is 75.6 cm³/mol. The summed E-state index contributed by atoms with van der Waals surface area (Å²) in [5, 5.41) is 3.57. The molecule has 0 saturated carbocycles. The summed E-state index contributed by atoms with van der Waals surface area (Å²) < 4.78 is 11.1. The molecular weight excluding hydrogens is 238 g/mol. The average Bonchev–Trinajstić information content (AvgIpc) is 2.38. The Morgan fingerprint density at radius 1 is 1.26 bits per heavy atom. The summed E-state index contributed by atoms with van der Waals surface area (Å²) in [7, 11) is 0. The Kier molecular flexibility index (Phi) is 3.61. The van der Waals surface area contributed by atoms with E-state index < -0.39 is 0 Å². The molecule has 19 heavy (non-hydrogen) atoms. The molecule has 0 radical (unpaired) electrons. The van der Waals surface area contributed by atoms with E-state index in [2.05, 4.69) is 37.4 Å². The van der Waals surface area contributed by atoms with Crippen LogP contribution in [0.2, 0.25) is 0 Å². The van der Waals surface area contributed by atoms with Crippen molar-refractivity contribution in [3.63, 3.8) is 0 Å². The van der Waals surface area contributed by atoms with Gasteiger partial charge in [0.1, 0.15) is 0 Å². The number of rotatable bonds is 3. The van der Waals surface area contributed by atoms with Gasteiger partial charge < -0.3 is 14.8 Å². The van der Waals surface area contributed by atoms with Gasteiger partial charge in [-0.1, -0.05) is 23.8 Å². The summed E-state index contributed by atoms with van der Waals surface area (Å²) in [6.07, 6.45) is 1.11. The lowest BCUT2D eigenvalue weighted by molar-refractivity contribution is -0.0756. The topological polar surface area (TPSA) is 30.5 Å². The molecule has 1 N–H and O–H groups in total. The Hall–Kier alpha value is -0.900. The van der Waals surface area contributed by atoms with Gasteiger partial charge in [0.15, 0.2) is 0 Å². The molecule has 2 saturated heterocycles. The predicted octanol–water partition coefficient (Wildman–Crippen LogP) is 1.95. The van der Waals surface area contributed by atoms with Crippen LogP contribution in [0.25, 0.3) is 0 Å². The number of morpholine rings is 1. The maximum Gasteiger partial charge on any atom is 0.0620 e. The number of ether oxygens (including phenoxy) is 2. The SMILES string of the molecule is Cc1ccc(C)c(C2(CC3COCCN3)COC2)c1. The largest absolute Gasteiger partial charge is 0.379 e. The minimum Gasteiger partial charge on any atom is -0.379 e. The van der Waals surface area contributed by atoms with Gasteiger partial charge in [-0.15, -0.1) is 0 Å². The zero-order valence-electron chi connectivity index (χ0n) is 11.9. The van der Waals surface area contributed by atoms with Gasteiger partial charge in [-0.3, -0.25) is 0 Å². The molecular formula is C16H23NO2. The maximum absolute atomic E-state index is 5.58. The van der Waals surface area contributed by atoms with Crippen molar-refractivity contribution in [1.29, 1.82) is 0 Å². The minimum absolute atomic E-state index is 0.189. The van der Waals surface area contributed by atoms with Crippen LogP contribution in [-0.2, 0) is 14.9 Å². The van der Waals surface area contributed by atoms with Crippen molar-refractivity contribution < 1.29 is 9.47 Å². The second-order valence-electron chi connectivity index (χ2n) is 6.02. The van der Waals surface area contributed by atoms with Gasteiger partial charge in [-0.2, -0.15) is 0 Å². The van der Waals surface area contributed by atoms with Crippen molar-refractivity contribution in [3.8, 4) is 0 Å². The Morgan fingerprint density at radius 2 is 2.11 bits per heavy atom. The monoisotopic (exact) mass is 261 g/mol. The fourth-order valence-electron chi connectivity index (χ4n) is 3.26. The molecule has 3 nitrogen and oxygen atoms in total. The quantitative estimate of drug-likeness (QED) is 0.902. The zero-order chi connectivity index (χ0) is 13.3. The van der Waals surface area contributed by atoms with Crippen molar-refractivity contribution in [2.75, 3.05) is 33.0 Å². The third-order valence-electron chi connectivity index (χ3n) is 4.36. The summed E-state index contributed by atoms with van der Waals surface area (Å²) in [6.45, 7) is 8.69. The molecule has 2 aliphatic heterocycles. The highest BCUT2D eigenvalue weighted by atomic mass is 16.5. The van der Waals surface area contributed by atoms with E-state index in [0.717, 1.165) is 39.4 Å². The first kappa shape index (κ1) is 13.1. The Labute approximate surface area is 115 Å². The van der Waals surface area contributed by atoms with Gasteiger partial charge >= 0.3 is 0 Å². The molecule has 1 atom stereocenters.